The summed E-state index contributed by atoms with van der Waals surface area (Å²) < 4.78 is 58.9. The second-order valence-electron chi connectivity index (χ2n) is 3.91. The van der Waals surface area contributed by atoms with Gasteiger partial charge in [0.2, 0.25) is 11.8 Å². The summed E-state index contributed by atoms with van der Waals surface area (Å²) in [5.41, 5.74) is 5.31. The summed E-state index contributed by atoms with van der Waals surface area (Å²) >= 11 is 0. The van der Waals surface area contributed by atoms with Crippen LogP contribution in [0.5, 0.6) is 11.8 Å². The van der Waals surface area contributed by atoms with Crippen LogP contribution in [-0.2, 0) is 0 Å². The molecule has 0 fully saturated rings. The number of alkyl halides is 4. The summed E-state index contributed by atoms with van der Waals surface area (Å²) in [6, 6.07) is 0. The van der Waals surface area contributed by atoms with Crippen LogP contribution in [0.1, 0.15) is 13.8 Å². The molecule has 0 amide bonds. The van der Waals surface area contributed by atoms with Crippen molar-refractivity contribution in [1.29, 1.82) is 0 Å². The van der Waals surface area contributed by atoms with Gasteiger partial charge in [-0.2, -0.15) is 18.7 Å². The molecule has 1 rings (SSSR count). The smallest absolute Gasteiger partial charge is 0.340 e. The van der Waals surface area contributed by atoms with E-state index >= 15 is 0 Å². The largest absolute Gasteiger partial charge is 0.473 e. The molecule has 0 atom stereocenters. The lowest BCUT2D eigenvalue weighted by Crippen LogP contribution is -2.34. The van der Waals surface area contributed by atoms with E-state index in [1.165, 1.54) is 0 Å². The number of rotatable bonds is 6. The maximum atomic E-state index is 12.7. The van der Waals surface area contributed by atoms with Crippen molar-refractivity contribution in [2.24, 2.45) is 0 Å². The summed E-state index contributed by atoms with van der Waals surface area (Å²) in [6.45, 7) is 1.87. The van der Waals surface area contributed by atoms with Crippen LogP contribution in [-0.4, -0.2) is 35.0 Å². The Labute approximate surface area is 106 Å². The van der Waals surface area contributed by atoms with Gasteiger partial charge in [-0.05, 0) is 13.8 Å². The van der Waals surface area contributed by atoms with Gasteiger partial charge in [0.15, 0.2) is 12.3 Å². The van der Waals surface area contributed by atoms with Gasteiger partial charge >= 0.3 is 12.3 Å². The number of nitrogen functional groups attached to an aromatic ring is 1. The third-order valence-electron chi connectivity index (χ3n) is 1.88. The molecule has 0 aliphatic heterocycles. The molecule has 0 radical (unpaired) electrons. The van der Waals surface area contributed by atoms with Gasteiger partial charge in [0.25, 0.3) is 0 Å². The zero-order valence-corrected chi connectivity index (χ0v) is 10.2. The highest BCUT2D eigenvalue weighted by Crippen LogP contribution is 2.30. The average molecular weight is 283 g/mol. The monoisotopic (exact) mass is 283 g/mol. The number of ether oxygens (including phenoxy) is 2. The predicted molar refractivity (Wildman–Crippen MR) is 58.7 cm³/mol. The molecule has 0 aliphatic carbocycles. The first-order valence-electron chi connectivity index (χ1n) is 5.30. The van der Waals surface area contributed by atoms with Crippen molar-refractivity contribution in [3.8, 4) is 11.8 Å². The molecule has 108 valence electrons. The number of nitrogens with two attached hydrogens (primary N) is 1. The van der Waals surface area contributed by atoms with Crippen molar-refractivity contribution in [2.75, 3.05) is 12.3 Å². The second-order valence-corrected chi connectivity index (χ2v) is 3.91. The normalized spacial score (nSPS) is 12.0. The van der Waals surface area contributed by atoms with Crippen LogP contribution in [0.25, 0.3) is 0 Å². The Morgan fingerprint density at radius 2 is 1.84 bits per heavy atom. The van der Waals surface area contributed by atoms with Crippen molar-refractivity contribution < 1.29 is 27.0 Å². The minimum Gasteiger partial charge on any atom is -0.473 e. The molecule has 1 aromatic heterocycles. The Bertz CT molecular complexity index is 429. The topological polar surface area (TPSA) is 70.3 Å². The first-order valence-corrected chi connectivity index (χ1v) is 5.30. The standard InChI is InChI=1S/C10H13F4N3O2/c1-5(2)19-8-6(15)7(16-4-17-8)18-3-10(13,14)9(11)12/h4-5,9H,3,15H2,1-2H3. The zero-order chi connectivity index (χ0) is 14.6. The molecule has 0 spiro atoms. The number of halogens is 4. The molecule has 0 saturated carbocycles. The first kappa shape index (κ1) is 15.3. The van der Waals surface area contributed by atoms with E-state index in [4.69, 9.17) is 10.5 Å². The van der Waals surface area contributed by atoms with E-state index in [-0.39, 0.29) is 17.7 Å². The third kappa shape index (κ3) is 4.11. The number of hydrogen-bond donors (Lipinski definition) is 1. The molecule has 0 aliphatic rings. The Kier molecular flexibility index (Phi) is 4.73. The van der Waals surface area contributed by atoms with Crippen LogP contribution in [0.3, 0.4) is 0 Å². The molecule has 0 unspecified atom stereocenters. The molecule has 0 saturated heterocycles. The van der Waals surface area contributed by atoms with Gasteiger partial charge in [0, 0.05) is 0 Å². The molecular weight excluding hydrogens is 270 g/mol. The van der Waals surface area contributed by atoms with Gasteiger partial charge in [-0.3, -0.25) is 0 Å². The lowest BCUT2D eigenvalue weighted by Gasteiger charge is -2.17. The summed E-state index contributed by atoms with van der Waals surface area (Å²) in [4.78, 5) is 7.18. The third-order valence-corrected chi connectivity index (χ3v) is 1.88. The maximum Gasteiger partial charge on any atom is 0.340 e. The fourth-order valence-electron chi connectivity index (χ4n) is 1.02. The summed E-state index contributed by atoms with van der Waals surface area (Å²) in [5, 5.41) is 0. The first-order chi connectivity index (χ1) is 8.74. The minimum absolute atomic E-state index is 0.0552. The highest BCUT2D eigenvalue weighted by molar-refractivity contribution is 5.55. The van der Waals surface area contributed by atoms with Crippen molar-refractivity contribution in [1.82, 2.24) is 9.97 Å². The van der Waals surface area contributed by atoms with Crippen molar-refractivity contribution in [2.45, 2.75) is 32.3 Å². The molecule has 0 bridgehead atoms. The Hall–Kier alpha value is -1.80. The van der Waals surface area contributed by atoms with Crippen molar-refractivity contribution in [3.63, 3.8) is 0 Å². The van der Waals surface area contributed by atoms with Crippen LogP contribution < -0.4 is 15.2 Å². The van der Waals surface area contributed by atoms with Crippen LogP contribution in [0.15, 0.2) is 6.33 Å². The van der Waals surface area contributed by atoms with Crippen molar-refractivity contribution >= 4 is 5.69 Å². The average Bonchev–Trinajstić information content (AvgIpc) is 2.29. The highest BCUT2D eigenvalue weighted by Gasteiger charge is 2.42. The Morgan fingerprint density at radius 3 is 2.37 bits per heavy atom. The summed E-state index contributed by atoms with van der Waals surface area (Å²) in [7, 11) is 0. The Balaban J connectivity index is 2.80. The van der Waals surface area contributed by atoms with Crippen LogP contribution in [0, 0.1) is 0 Å². The molecule has 19 heavy (non-hydrogen) atoms. The second kappa shape index (κ2) is 5.89. The summed E-state index contributed by atoms with van der Waals surface area (Å²) in [5.74, 6) is -4.76. The van der Waals surface area contributed by atoms with Crippen LogP contribution in [0.2, 0.25) is 0 Å². The fourth-order valence-corrected chi connectivity index (χ4v) is 1.02. The number of nitrogens with zero attached hydrogens (tertiary/aromatic N) is 2. The quantitative estimate of drug-likeness (QED) is 0.810. The van der Waals surface area contributed by atoms with E-state index in [0.717, 1.165) is 6.33 Å². The molecule has 1 heterocycles. The van der Waals surface area contributed by atoms with E-state index in [2.05, 4.69) is 14.7 Å². The fraction of sp³-hybridized carbons (Fsp3) is 0.600. The molecule has 9 heteroatoms. The number of aromatic nitrogens is 2. The predicted octanol–water partition coefficient (Wildman–Crippen LogP) is 2.13. The molecule has 5 nitrogen and oxygen atoms in total. The van der Waals surface area contributed by atoms with E-state index in [0.29, 0.717) is 0 Å². The molecule has 2 N–H and O–H groups in total. The minimum atomic E-state index is -4.28. The van der Waals surface area contributed by atoms with E-state index in [1.54, 1.807) is 13.8 Å². The molecular formula is C10H13F4N3O2. The zero-order valence-electron chi connectivity index (χ0n) is 10.2. The van der Waals surface area contributed by atoms with E-state index in [9.17, 15) is 17.6 Å². The van der Waals surface area contributed by atoms with Gasteiger partial charge < -0.3 is 15.2 Å². The van der Waals surface area contributed by atoms with E-state index in [1.807, 2.05) is 0 Å². The van der Waals surface area contributed by atoms with Crippen LogP contribution >= 0.6 is 0 Å². The lowest BCUT2D eigenvalue weighted by atomic mass is 10.4. The maximum absolute atomic E-state index is 12.7. The molecule has 0 aromatic carbocycles. The van der Waals surface area contributed by atoms with E-state index < -0.39 is 24.8 Å². The Morgan fingerprint density at radius 1 is 1.26 bits per heavy atom. The van der Waals surface area contributed by atoms with Gasteiger partial charge in [0.1, 0.15) is 6.33 Å². The van der Waals surface area contributed by atoms with Gasteiger partial charge in [-0.15, -0.1) is 0 Å². The number of anilines is 1. The SMILES string of the molecule is CC(C)Oc1ncnc(OCC(F)(F)C(F)F)c1N. The van der Waals surface area contributed by atoms with Gasteiger partial charge in [0.05, 0.1) is 6.10 Å². The van der Waals surface area contributed by atoms with Gasteiger partial charge in [-0.1, -0.05) is 0 Å². The number of hydrogen-bond acceptors (Lipinski definition) is 5. The van der Waals surface area contributed by atoms with Crippen LogP contribution in [0.4, 0.5) is 23.2 Å². The molecule has 1 aromatic rings. The lowest BCUT2D eigenvalue weighted by molar-refractivity contribution is -0.148. The highest BCUT2D eigenvalue weighted by atomic mass is 19.3. The van der Waals surface area contributed by atoms with Crippen molar-refractivity contribution in [3.05, 3.63) is 6.33 Å². The van der Waals surface area contributed by atoms with Gasteiger partial charge in [-0.25, -0.2) is 8.78 Å². The summed E-state index contributed by atoms with van der Waals surface area (Å²) in [6.07, 6.45) is -3.11.